The third-order valence-corrected chi connectivity index (χ3v) is 2.82. The van der Waals surface area contributed by atoms with Crippen molar-refractivity contribution in [3.05, 3.63) is 0 Å². The summed E-state index contributed by atoms with van der Waals surface area (Å²) >= 11 is 0. The van der Waals surface area contributed by atoms with Crippen LogP contribution in [0.2, 0.25) is 0 Å². The van der Waals surface area contributed by atoms with Gasteiger partial charge in [0.05, 0.1) is 0 Å². The van der Waals surface area contributed by atoms with Crippen molar-refractivity contribution in [3.8, 4) is 0 Å². The van der Waals surface area contributed by atoms with Gasteiger partial charge in [0.15, 0.2) is 0 Å². The number of nitrogens with one attached hydrogen (secondary N) is 2. The largest absolute Gasteiger partial charge is 0.314 e. The first-order valence-electron chi connectivity index (χ1n) is 5.79. The fourth-order valence-corrected chi connectivity index (χ4v) is 1.99. The molecule has 0 bridgehead atoms. The molecule has 1 fully saturated rings. The summed E-state index contributed by atoms with van der Waals surface area (Å²) in [7, 11) is 0. The first-order chi connectivity index (χ1) is 6.33. The molecule has 2 heteroatoms. The Morgan fingerprint density at radius 3 is 3.00 bits per heavy atom. The van der Waals surface area contributed by atoms with Gasteiger partial charge in [0.25, 0.3) is 0 Å². The van der Waals surface area contributed by atoms with Crippen molar-refractivity contribution < 1.29 is 0 Å². The van der Waals surface area contributed by atoms with E-state index in [4.69, 9.17) is 0 Å². The van der Waals surface area contributed by atoms with Gasteiger partial charge in [0, 0.05) is 12.1 Å². The molecule has 13 heavy (non-hydrogen) atoms. The van der Waals surface area contributed by atoms with Crippen LogP contribution in [0.3, 0.4) is 0 Å². The highest BCUT2D eigenvalue weighted by Gasteiger charge is 2.16. The van der Waals surface area contributed by atoms with E-state index in [1.165, 1.54) is 45.2 Å². The predicted octanol–water partition coefficient (Wildman–Crippen LogP) is 1.91. The summed E-state index contributed by atoms with van der Waals surface area (Å²) in [6.07, 6.45) is 6.64. The van der Waals surface area contributed by atoms with Gasteiger partial charge in [-0.3, -0.25) is 0 Å². The summed E-state index contributed by atoms with van der Waals surface area (Å²) in [5, 5.41) is 7.11. The SMILES string of the molecule is CCCCNC(C)CC1CCCN1. The van der Waals surface area contributed by atoms with Crippen LogP contribution in [-0.4, -0.2) is 25.2 Å². The first-order valence-corrected chi connectivity index (χ1v) is 5.79. The third kappa shape index (κ3) is 4.63. The van der Waals surface area contributed by atoms with E-state index in [9.17, 15) is 0 Å². The van der Waals surface area contributed by atoms with E-state index in [0.717, 1.165) is 6.04 Å². The standard InChI is InChI=1S/C11H24N2/c1-3-4-7-12-10(2)9-11-6-5-8-13-11/h10-13H,3-9H2,1-2H3. The van der Waals surface area contributed by atoms with E-state index >= 15 is 0 Å². The molecular weight excluding hydrogens is 160 g/mol. The molecule has 0 radical (unpaired) electrons. The van der Waals surface area contributed by atoms with E-state index in [1.54, 1.807) is 0 Å². The molecule has 1 aliphatic rings. The molecule has 0 aromatic carbocycles. The molecule has 0 aromatic heterocycles. The number of rotatable bonds is 6. The van der Waals surface area contributed by atoms with Gasteiger partial charge in [0.2, 0.25) is 0 Å². The lowest BCUT2D eigenvalue weighted by molar-refractivity contribution is 0.437. The molecule has 1 heterocycles. The molecule has 1 rings (SSSR count). The number of unbranched alkanes of at least 4 members (excludes halogenated alkanes) is 1. The Hall–Kier alpha value is -0.0800. The van der Waals surface area contributed by atoms with Crippen molar-refractivity contribution in [2.45, 2.75) is 58.0 Å². The van der Waals surface area contributed by atoms with Gasteiger partial charge < -0.3 is 10.6 Å². The van der Waals surface area contributed by atoms with Gasteiger partial charge in [-0.05, 0) is 45.7 Å². The topological polar surface area (TPSA) is 24.1 Å². The van der Waals surface area contributed by atoms with Crippen LogP contribution in [-0.2, 0) is 0 Å². The van der Waals surface area contributed by atoms with Gasteiger partial charge >= 0.3 is 0 Å². The normalized spacial score (nSPS) is 24.9. The molecule has 0 aliphatic carbocycles. The minimum absolute atomic E-state index is 0.683. The fourth-order valence-electron chi connectivity index (χ4n) is 1.99. The Kier molecular flexibility index (Phi) is 5.40. The molecule has 1 aliphatic heterocycles. The van der Waals surface area contributed by atoms with Crippen molar-refractivity contribution >= 4 is 0 Å². The van der Waals surface area contributed by atoms with Crippen LogP contribution in [0.5, 0.6) is 0 Å². The van der Waals surface area contributed by atoms with Crippen LogP contribution in [0, 0.1) is 0 Å². The molecule has 2 unspecified atom stereocenters. The molecule has 0 saturated carbocycles. The van der Waals surface area contributed by atoms with Gasteiger partial charge in [-0.25, -0.2) is 0 Å². The highest BCUT2D eigenvalue weighted by atomic mass is 15.0. The predicted molar refractivity (Wildman–Crippen MR) is 58.0 cm³/mol. The smallest absolute Gasteiger partial charge is 0.00822 e. The number of hydrogen-bond donors (Lipinski definition) is 2. The van der Waals surface area contributed by atoms with E-state index in [2.05, 4.69) is 24.5 Å². The Balaban J connectivity index is 1.99. The molecule has 0 aromatic rings. The van der Waals surface area contributed by atoms with E-state index in [-0.39, 0.29) is 0 Å². The van der Waals surface area contributed by atoms with Gasteiger partial charge in [0.1, 0.15) is 0 Å². The maximum Gasteiger partial charge on any atom is 0.00822 e. The Bertz CT molecular complexity index is 119. The molecule has 2 nitrogen and oxygen atoms in total. The minimum Gasteiger partial charge on any atom is -0.314 e. The molecule has 1 saturated heterocycles. The van der Waals surface area contributed by atoms with Gasteiger partial charge in [-0.2, -0.15) is 0 Å². The second kappa shape index (κ2) is 6.39. The van der Waals surface area contributed by atoms with Crippen LogP contribution >= 0.6 is 0 Å². The summed E-state index contributed by atoms with van der Waals surface area (Å²) in [6, 6.07) is 1.46. The summed E-state index contributed by atoms with van der Waals surface area (Å²) in [5.41, 5.74) is 0. The molecule has 78 valence electrons. The summed E-state index contributed by atoms with van der Waals surface area (Å²) in [5.74, 6) is 0. The zero-order chi connectivity index (χ0) is 9.52. The summed E-state index contributed by atoms with van der Waals surface area (Å²) in [6.45, 7) is 6.96. The molecular formula is C11H24N2. The zero-order valence-corrected chi connectivity index (χ0v) is 9.10. The van der Waals surface area contributed by atoms with E-state index in [0.29, 0.717) is 6.04 Å². The molecule has 2 N–H and O–H groups in total. The highest BCUT2D eigenvalue weighted by Crippen LogP contribution is 2.10. The maximum absolute atomic E-state index is 3.57. The lowest BCUT2D eigenvalue weighted by Gasteiger charge is -2.17. The summed E-state index contributed by atoms with van der Waals surface area (Å²) in [4.78, 5) is 0. The van der Waals surface area contributed by atoms with Crippen molar-refractivity contribution in [2.75, 3.05) is 13.1 Å². The molecule has 0 spiro atoms. The molecule has 0 amide bonds. The average molecular weight is 184 g/mol. The van der Waals surface area contributed by atoms with Gasteiger partial charge in [-0.1, -0.05) is 13.3 Å². The lowest BCUT2D eigenvalue weighted by atomic mass is 10.1. The van der Waals surface area contributed by atoms with Gasteiger partial charge in [-0.15, -0.1) is 0 Å². The Labute approximate surface area is 82.5 Å². The van der Waals surface area contributed by atoms with Crippen LogP contribution in [0.15, 0.2) is 0 Å². The van der Waals surface area contributed by atoms with E-state index < -0.39 is 0 Å². The van der Waals surface area contributed by atoms with Crippen molar-refractivity contribution in [1.29, 1.82) is 0 Å². The fraction of sp³-hybridized carbons (Fsp3) is 1.00. The third-order valence-electron chi connectivity index (χ3n) is 2.82. The Morgan fingerprint density at radius 2 is 2.38 bits per heavy atom. The van der Waals surface area contributed by atoms with Crippen molar-refractivity contribution in [1.82, 2.24) is 10.6 Å². The monoisotopic (exact) mass is 184 g/mol. The van der Waals surface area contributed by atoms with Crippen LogP contribution < -0.4 is 10.6 Å². The zero-order valence-electron chi connectivity index (χ0n) is 9.10. The number of hydrogen-bond acceptors (Lipinski definition) is 2. The second-order valence-electron chi connectivity index (χ2n) is 4.24. The quantitative estimate of drug-likeness (QED) is 0.616. The minimum atomic E-state index is 0.683. The van der Waals surface area contributed by atoms with Crippen LogP contribution in [0.1, 0.15) is 46.0 Å². The molecule has 2 atom stereocenters. The second-order valence-corrected chi connectivity index (χ2v) is 4.24. The van der Waals surface area contributed by atoms with E-state index in [1.807, 2.05) is 0 Å². The Morgan fingerprint density at radius 1 is 1.54 bits per heavy atom. The van der Waals surface area contributed by atoms with Crippen molar-refractivity contribution in [2.24, 2.45) is 0 Å². The summed E-state index contributed by atoms with van der Waals surface area (Å²) < 4.78 is 0. The van der Waals surface area contributed by atoms with Crippen molar-refractivity contribution in [3.63, 3.8) is 0 Å². The lowest BCUT2D eigenvalue weighted by Crippen LogP contribution is -2.34. The highest BCUT2D eigenvalue weighted by molar-refractivity contribution is 4.78. The first kappa shape index (κ1) is 11.0. The van der Waals surface area contributed by atoms with Crippen LogP contribution in [0.25, 0.3) is 0 Å². The maximum atomic E-state index is 3.57. The van der Waals surface area contributed by atoms with Crippen LogP contribution in [0.4, 0.5) is 0 Å². The average Bonchev–Trinajstić information content (AvgIpc) is 2.57.